The van der Waals surface area contributed by atoms with Crippen LogP contribution >= 0.6 is 28.1 Å². The Morgan fingerprint density at radius 2 is 2.30 bits per heavy atom. The fourth-order valence-corrected chi connectivity index (χ4v) is 2.49. The van der Waals surface area contributed by atoms with Gasteiger partial charge in [0, 0.05) is 25.5 Å². The molecule has 8 heteroatoms. The number of aromatic nitrogens is 2. The number of halogens is 2. The minimum atomic E-state index is -0.431. The summed E-state index contributed by atoms with van der Waals surface area (Å²) in [6.07, 6.45) is 0.533. The predicted octanol–water partition coefficient (Wildman–Crippen LogP) is 2.57. The van der Waals surface area contributed by atoms with Crippen LogP contribution in [0.25, 0.3) is 0 Å². The van der Waals surface area contributed by atoms with Gasteiger partial charge in [-0.05, 0) is 28.1 Å². The van der Waals surface area contributed by atoms with Crippen LogP contribution in [-0.2, 0) is 6.42 Å². The minimum Gasteiger partial charge on any atom is -0.389 e. The van der Waals surface area contributed by atoms with Gasteiger partial charge in [0.1, 0.15) is 4.99 Å². The molecule has 0 saturated carbocycles. The Hall–Kier alpha value is -1.54. The molecule has 2 rings (SSSR count). The van der Waals surface area contributed by atoms with Gasteiger partial charge in [0.15, 0.2) is 11.6 Å². The molecule has 0 aliphatic heterocycles. The number of aryl methyl sites for hydroxylation is 1. The van der Waals surface area contributed by atoms with Crippen LogP contribution in [0.1, 0.15) is 17.3 Å². The number of hydrogen-bond acceptors (Lipinski definition) is 5. The van der Waals surface area contributed by atoms with Gasteiger partial charge in [-0.2, -0.15) is 4.98 Å². The molecule has 3 N–H and O–H groups in total. The summed E-state index contributed by atoms with van der Waals surface area (Å²) >= 11 is 7.99. The van der Waals surface area contributed by atoms with Gasteiger partial charge in [-0.25, -0.2) is 4.39 Å². The number of nitrogens with one attached hydrogen (secondary N) is 1. The summed E-state index contributed by atoms with van der Waals surface area (Å²) in [6, 6.07) is 3.26. The van der Waals surface area contributed by atoms with Crippen LogP contribution in [0.15, 0.2) is 21.1 Å². The van der Waals surface area contributed by atoms with Crippen molar-refractivity contribution in [3.8, 4) is 0 Å². The summed E-state index contributed by atoms with van der Waals surface area (Å²) in [4.78, 5) is 4.21. The summed E-state index contributed by atoms with van der Waals surface area (Å²) in [5.74, 6) is 0.656. The van der Waals surface area contributed by atoms with Gasteiger partial charge in [-0.15, -0.1) is 0 Å². The van der Waals surface area contributed by atoms with E-state index in [2.05, 4.69) is 31.4 Å². The maximum Gasteiger partial charge on any atom is 0.223 e. The van der Waals surface area contributed by atoms with Crippen LogP contribution in [0.5, 0.6) is 0 Å². The predicted molar refractivity (Wildman–Crippen MR) is 81.2 cm³/mol. The first kappa shape index (κ1) is 14.9. The van der Waals surface area contributed by atoms with Gasteiger partial charge in [-0.3, -0.25) is 0 Å². The van der Waals surface area contributed by atoms with E-state index in [0.717, 1.165) is 0 Å². The smallest absolute Gasteiger partial charge is 0.223 e. The largest absolute Gasteiger partial charge is 0.389 e. The first-order valence-corrected chi connectivity index (χ1v) is 7.00. The Morgan fingerprint density at radius 3 is 2.90 bits per heavy atom. The molecule has 0 unspecified atom stereocenters. The zero-order valence-corrected chi connectivity index (χ0v) is 13.0. The average Bonchev–Trinajstić information content (AvgIpc) is 2.80. The Balaban J connectivity index is 2.03. The van der Waals surface area contributed by atoms with Crippen molar-refractivity contribution < 1.29 is 8.91 Å². The maximum absolute atomic E-state index is 14.1. The number of thiocarbonyl (C=S) groups is 1. The Morgan fingerprint density at radius 1 is 1.55 bits per heavy atom. The molecule has 0 aliphatic rings. The summed E-state index contributed by atoms with van der Waals surface area (Å²) in [6.45, 7) is 2.20. The number of nitrogens with two attached hydrogens (primary N) is 1. The van der Waals surface area contributed by atoms with Crippen molar-refractivity contribution in [3.63, 3.8) is 0 Å². The topological polar surface area (TPSA) is 77.0 Å². The summed E-state index contributed by atoms with van der Waals surface area (Å²) in [5.41, 5.74) is 6.33. The molecule has 0 fully saturated rings. The third-order valence-electron chi connectivity index (χ3n) is 2.58. The van der Waals surface area contributed by atoms with Gasteiger partial charge in [0.2, 0.25) is 5.89 Å². The van der Waals surface area contributed by atoms with E-state index in [1.165, 1.54) is 0 Å². The minimum absolute atomic E-state index is 0.143. The second-order valence-corrected chi connectivity index (χ2v) is 5.29. The lowest BCUT2D eigenvalue weighted by molar-refractivity contribution is 0.387. The maximum atomic E-state index is 14.1. The molecule has 1 aromatic carbocycles. The lowest BCUT2D eigenvalue weighted by Crippen LogP contribution is -2.13. The molecular formula is C12H12BrFN4OS. The standard InChI is InChI=1S/C12H12BrFN4OS/c1-6-17-9(18-19-6)4-5-16-8-3-2-7(12(15)20)10(13)11(8)14/h2-3,16H,4-5H2,1H3,(H2,15,20). The van der Waals surface area contributed by atoms with Crippen molar-refractivity contribution >= 4 is 38.8 Å². The van der Waals surface area contributed by atoms with Crippen molar-refractivity contribution in [1.82, 2.24) is 10.1 Å². The quantitative estimate of drug-likeness (QED) is 0.799. The monoisotopic (exact) mass is 358 g/mol. The molecule has 0 spiro atoms. The zero-order valence-electron chi connectivity index (χ0n) is 10.6. The highest BCUT2D eigenvalue weighted by Gasteiger charge is 2.12. The molecule has 2 aromatic rings. The van der Waals surface area contributed by atoms with E-state index < -0.39 is 5.82 Å². The van der Waals surface area contributed by atoms with Gasteiger partial charge in [0.25, 0.3) is 0 Å². The molecule has 0 bridgehead atoms. The SMILES string of the molecule is Cc1nc(CCNc2ccc(C(N)=S)c(Br)c2F)no1. The van der Waals surface area contributed by atoms with E-state index >= 15 is 0 Å². The van der Waals surface area contributed by atoms with Crippen LogP contribution in [0.2, 0.25) is 0 Å². The molecule has 106 valence electrons. The van der Waals surface area contributed by atoms with Gasteiger partial charge in [0.05, 0.1) is 10.2 Å². The highest BCUT2D eigenvalue weighted by molar-refractivity contribution is 9.10. The molecule has 0 atom stereocenters. The molecule has 20 heavy (non-hydrogen) atoms. The van der Waals surface area contributed by atoms with Crippen molar-refractivity contribution in [1.29, 1.82) is 0 Å². The third kappa shape index (κ3) is 3.31. The summed E-state index contributed by atoms with van der Waals surface area (Å²) in [5, 5.41) is 6.73. The van der Waals surface area contributed by atoms with Gasteiger partial charge >= 0.3 is 0 Å². The second kappa shape index (κ2) is 6.27. The molecule has 0 radical (unpaired) electrons. The van der Waals surface area contributed by atoms with Crippen molar-refractivity contribution in [2.45, 2.75) is 13.3 Å². The second-order valence-electron chi connectivity index (χ2n) is 4.06. The van der Waals surface area contributed by atoms with E-state index in [4.69, 9.17) is 22.5 Å². The van der Waals surface area contributed by atoms with Crippen LogP contribution < -0.4 is 11.1 Å². The number of benzene rings is 1. The average molecular weight is 359 g/mol. The normalized spacial score (nSPS) is 10.6. The zero-order chi connectivity index (χ0) is 14.7. The van der Waals surface area contributed by atoms with Crippen LogP contribution in [0.4, 0.5) is 10.1 Å². The number of nitrogens with zero attached hydrogens (tertiary/aromatic N) is 2. The Labute approximate surface area is 128 Å². The molecule has 5 nitrogen and oxygen atoms in total. The first-order valence-electron chi connectivity index (χ1n) is 5.80. The van der Waals surface area contributed by atoms with Gasteiger partial charge in [-0.1, -0.05) is 17.4 Å². The number of anilines is 1. The van der Waals surface area contributed by atoms with Crippen molar-refractivity contribution in [2.75, 3.05) is 11.9 Å². The highest BCUT2D eigenvalue weighted by atomic mass is 79.9. The van der Waals surface area contributed by atoms with Crippen LogP contribution in [0, 0.1) is 12.7 Å². The fourth-order valence-electron chi connectivity index (χ4n) is 1.63. The van der Waals surface area contributed by atoms with E-state index in [-0.39, 0.29) is 9.46 Å². The van der Waals surface area contributed by atoms with E-state index in [1.807, 2.05) is 0 Å². The Bertz CT molecular complexity index is 646. The van der Waals surface area contributed by atoms with Crippen molar-refractivity contribution in [2.24, 2.45) is 5.73 Å². The van der Waals surface area contributed by atoms with Crippen LogP contribution in [0.3, 0.4) is 0 Å². The lowest BCUT2D eigenvalue weighted by Gasteiger charge is -2.10. The molecule has 0 aliphatic carbocycles. The first-order chi connectivity index (χ1) is 9.49. The van der Waals surface area contributed by atoms with E-state index in [1.54, 1.807) is 19.1 Å². The highest BCUT2D eigenvalue weighted by Crippen LogP contribution is 2.27. The van der Waals surface area contributed by atoms with E-state index in [0.29, 0.717) is 35.9 Å². The fraction of sp³-hybridized carbons (Fsp3) is 0.250. The molecule has 0 saturated heterocycles. The number of hydrogen-bond donors (Lipinski definition) is 2. The molecule has 1 heterocycles. The molecular weight excluding hydrogens is 347 g/mol. The lowest BCUT2D eigenvalue weighted by atomic mass is 10.2. The van der Waals surface area contributed by atoms with Crippen molar-refractivity contribution in [3.05, 3.63) is 39.7 Å². The number of rotatable bonds is 5. The van der Waals surface area contributed by atoms with Crippen LogP contribution in [-0.4, -0.2) is 21.7 Å². The molecule has 1 aromatic heterocycles. The molecule has 0 amide bonds. The van der Waals surface area contributed by atoms with Gasteiger partial charge < -0.3 is 15.6 Å². The summed E-state index contributed by atoms with van der Waals surface area (Å²) < 4.78 is 19.2. The summed E-state index contributed by atoms with van der Waals surface area (Å²) in [7, 11) is 0. The van der Waals surface area contributed by atoms with E-state index in [9.17, 15) is 4.39 Å². The third-order valence-corrected chi connectivity index (χ3v) is 3.58. The Kier molecular flexibility index (Phi) is 4.66.